The lowest BCUT2D eigenvalue weighted by molar-refractivity contribution is -0.122. The van der Waals surface area contributed by atoms with Crippen LogP contribution in [-0.2, 0) is 11.2 Å². The molecule has 2 heteroatoms. The molecule has 2 atom stereocenters. The lowest BCUT2D eigenvalue weighted by Gasteiger charge is -2.13. The van der Waals surface area contributed by atoms with Gasteiger partial charge in [-0.05, 0) is 12.5 Å². The van der Waals surface area contributed by atoms with Gasteiger partial charge < -0.3 is 5.73 Å². The van der Waals surface area contributed by atoms with Crippen LogP contribution in [0.1, 0.15) is 19.4 Å². The van der Waals surface area contributed by atoms with E-state index < -0.39 is 0 Å². The average molecular weight is 191 g/mol. The fraction of sp³-hybridized carbons (Fsp3) is 0.417. The summed E-state index contributed by atoms with van der Waals surface area (Å²) < 4.78 is 0. The van der Waals surface area contributed by atoms with Gasteiger partial charge in [0.2, 0.25) is 0 Å². The van der Waals surface area contributed by atoms with Gasteiger partial charge in [0, 0.05) is 18.4 Å². The third-order valence-electron chi connectivity index (χ3n) is 2.52. The number of rotatable bonds is 4. The SMILES string of the molecule is CC(N)C(C)C(=O)Cc1ccccc1. The van der Waals surface area contributed by atoms with Gasteiger partial charge in [0.25, 0.3) is 0 Å². The summed E-state index contributed by atoms with van der Waals surface area (Å²) in [5.74, 6) is 0.154. The summed E-state index contributed by atoms with van der Waals surface area (Å²) >= 11 is 0. The Morgan fingerprint density at radius 3 is 2.36 bits per heavy atom. The summed E-state index contributed by atoms with van der Waals surface area (Å²) in [4.78, 5) is 11.7. The van der Waals surface area contributed by atoms with Gasteiger partial charge in [-0.3, -0.25) is 4.79 Å². The number of ketones is 1. The predicted molar refractivity (Wildman–Crippen MR) is 58.0 cm³/mol. The highest BCUT2D eigenvalue weighted by atomic mass is 16.1. The maximum atomic E-state index is 11.7. The van der Waals surface area contributed by atoms with E-state index in [1.807, 2.05) is 44.2 Å². The monoisotopic (exact) mass is 191 g/mol. The van der Waals surface area contributed by atoms with Gasteiger partial charge in [-0.2, -0.15) is 0 Å². The second-order valence-electron chi connectivity index (χ2n) is 3.78. The van der Waals surface area contributed by atoms with Crippen LogP contribution in [-0.4, -0.2) is 11.8 Å². The molecule has 76 valence electrons. The molecule has 14 heavy (non-hydrogen) atoms. The summed E-state index contributed by atoms with van der Waals surface area (Å²) in [7, 11) is 0. The Morgan fingerprint density at radius 2 is 1.86 bits per heavy atom. The first kappa shape index (κ1) is 10.9. The van der Waals surface area contributed by atoms with Crippen LogP contribution >= 0.6 is 0 Å². The first-order chi connectivity index (χ1) is 6.61. The normalized spacial score (nSPS) is 14.8. The molecular weight excluding hydrogens is 174 g/mol. The standard InChI is InChI=1S/C12H17NO/c1-9(10(2)13)12(14)8-11-6-4-3-5-7-11/h3-7,9-10H,8,13H2,1-2H3. The summed E-state index contributed by atoms with van der Waals surface area (Å²) in [6.45, 7) is 3.75. The van der Waals surface area contributed by atoms with Crippen LogP contribution in [0.25, 0.3) is 0 Å². The highest BCUT2D eigenvalue weighted by Crippen LogP contribution is 2.08. The second-order valence-corrected chi connectivity index (χ2v) is 3.78. The van der Waals surface area contributed by atoms with Gasteiger partial charge in [-0.1, -0.05) is 37.3 Å². The zero-order chi connectivity index (χ0) is 10.6. The van der Waals surface area contributed by atoms with Crippen LogP contribution in [0.4, 0.5) is 0 Å². The van der Waals surface area contributed by atoms with Crippen molar-refractivity contribution < 1.29 is 4.79 Å². The van der Waals surface area contributed by atoms with Crippen LogP contribution in [0.5, 0.6) is 0 Å². The zero-order valence-corrected chi connectivity index (χ0v) is 8.73. The lowest BCUT2D eigenvalue weighted by Crippen LogP contribution is -2.31. The van der Waals surface area contributed by atoms with Gasteiger partial charge in [-0.15, -0.1) is 0 Å². The number of nitrogens with two attached hydrogens (primary N) is 1. The number of carbonyl (C=O) groups excluding carboxylic acids is 1. The summed E-state index contributed by atoms with van der Waals surface area (Å²) in [6, 6.07) is 9.70. The molecule has 2 N–H and O–H groups in total. The van der Waals surface area contributed by atoms with E-state index >= 15 is 0 Å². The van der Waals surface area contributed by atoms with E-state index in [-0.39, 0.29) is 17.7 Å². The second kappa shape index (κ2) is 4.91. The fourth-order valence-corrected chi connectivity index (χ4v) is 1.25. The lowest BCUT2D eigenvalue weighted by atomic mass is 9.94. The molecule has 1 rings (SSSR count). The van der Waals surface area contributed by atoms with Crippen molar-refractivity contribution in [2.45, 2.75) is 26.3 Å². The molecule has 1 aromatic rings. The Morgan fingerprint density at radius 1 is 1.29 bits per heavy atom. The molecule has 0 spiro atoms. The highest BCUT2D eigenvalue weighted by Gasteiger charge is 2.16. The fourth-order valence-electron chi connectivity index (χ4n) is 1.25. The minimum absolute atomic E-state index is 0.0600. The van der Waals surface area contributed by atoms with Crippen molar-refractivity contribution >= 4 is 5.78 Å². The van der Waals surface area contributed by atoms with Crippen LogP contribution in [0.15, 0.2) is 30.3 Å². The van der Waals surface area contributed by atoms with E-state index in [2.05, 4.69) is 0 Å². The molecular formula is C12H17NO. The highest BCUT2D eigenvalue weighted by molar-refractivity contribution is 5.83. The van der Waals surface area contributed by atoms with Crippen molar-refractivity contribution in [1.82, 2.24) is 0 Å². The quantitative estimate of drug-likeness (QED) is 0.788. The molecule has 0 heterocycles. The van der Waals surface area contributed by atoms with Crippen molar-refractivity contribution in [2.75, 3.05) is 0 Å². The molecule has 0 amide bonds. The number of carbonyl (C=O) groups is 1. The summed E-state index contributed by atoms with van der Waals surface area (Å²) in [6.07, 6.45) is 0.490. The Bertz CT molecular complexity index is 292. The van der Waals surface area contributed by atoms with E-state index in [0.717, 1.165) is 5.56 Å². The molecule has 0 aromatic heterocycles. The van der Waals surface area contributed by atoms with Crippen molar-refractivity contribution in [3.63, 3.8) is 0 Å². The molecule has 0 radical (unpaired) electrons. The van der Waals surface area contributed by atoms with Crippen LogP contribution in [0.3, 0.4) is 0 Å². The third kappa shape index (κ3) is 2.96. The maximum Gasteiger partial charge on any atom is 0.141 e. The van der Waals surface area contributed by atoms with E-state index in [0.29, 0.717) is 6.42 Å². The van der Waals surface area contributed by atoms with E-state index in [1.54, 1.807) is 0 Å². The Kier molecular flexibility index (Phi) is 3.84. The molecule has 0 bridgehead atoms. The largest absolute Gasteiger partial charge is 0.327 e. The van der Waals surface area contributed by atoms with Crippen molar-refractivity contribution in [3.05, 3.63) is 35.9 Å². The minimum Gasteiger partial charge on any atom is -0.327 e. The number of hydrogen-bond acceptors (Lipinski definition) is 2. The van der Waals surface area contributed by atoms with Gasteiger partial charge in [0.05, 0.1) is 0 Å². The van der Waals surface area contributed by atoms with Crippen LogP contribution < -0.4 is 5.73 Å². The number of benzene rings is 1. The first-order valence-corrected chi connectivity index (χ1v) is 4.93. The molecule has 0 saturated carbocycles. The third-order valence-corrected chi connectivity index (χ3v) is 2.52. The van der Waals surface area contributed by atoms with E-state index in [4.69, 9.17) is 5.73 Å². The molecule has 1 aromatic carbocycles. The maximum absolute atomic E-state index is 11.7. The number of Topliss-reactive ketones (excluding diaryl/α,β-unsaturated/α-hetero) is 1. The van der Waals surface area contributed by atoms with Gasteiger partial charge in [0.15, 0.2) is 0 Å². The summed E-state index contributed by atoms with van der Waals surface area (Å²) in [5, 5.41) is 0. The molecule has 0 aliphatic rings. The van der Waals surface area contributed by atoms with Crippen LogP contribution in [0.2, 0.25) is 0 Å². The first-order valence-electron chi connectivity index (χ1n) is 4.93. The van der Waals surface area contributed by atoms with Crippen LogP contribution in [0, 0.1) is 5.92 Å². The Hall–Kier alpha value is -1.15. The van der Waals surface area contributed by atoms with Gasteiger partial charge >= 0.3 is 0 Å². The van der Waals surface area contributed by atoms with Gasteiger partial charge in [0.1, 0.15) is 5.78 Å². The molecule has 2 nitrogen and oxygen atoms in total. The average Bonchev–Trinajstić information content (AvgIpc) is 2.18. The van der Waals surface area contributed by atoms with Crippen molar-refractivity contribution in [1.29, 1.82) is 0 Å². The minimum atomic E-state index is -0.0637. The molecule has 0 saturated heterocycles. The van der Waals surface area contributed by atoms with E-state index in [9.17, 15) is 4.79 Å². The molecule has 0 aliphatic carbocycles. The van der Waals surface area contributed by atoms with Crippen molar-refractivity contribution in [2.24, 2.45) is 11.7 Å². The molecule has 0 fully saturated rings. The van der Waals surface area contributed by atoms with Gasteiger partial charge in [-0.25, -0.2) is 0 Å². The van der Waals surface area contributed by atoms with E-state index in [1.165, 1.54) is 0 Å². The zero-order valence-electron chi connectivity index (χ0n) is 8.73. The summed E-state index contributed by atoms with van der Waals surface area (Å²) in [5.41, 5.74) is 6.73. The smallest absolute Gasteiger partial charge is 0.141 e. The predicted octanol–water partition coefficient (Wildman–Crippen LogP) is 1.78. The van der Waals surface area contributed by atoms with Crippen molar-refractivity contribution in [3.8, 4) is 0 Å². The molecule has 2 unspecified atom stereocenters. The molecule has 0 aliphatic heterocycles. The Balaban J connectivity index is 2.58. The topological polar surface area (TPSA) is 43.1 Å². The Labute approximate surface area is 85.1 Å². The number of hydrogen-bond donors (Lipinski definition) is 1.